The third-order valence-electron chi connectivity index (χ3n) is 4.90. The van der Waals surface area contributed by atoms with Crippen LogP contribution in [0.3, 0.4) is 0 Å². The second kappa shape index (κ2) is 6.16. The van der Waals surface area contributed by atoms with Gasteiger partial charge >= 0.3 is 5.97 Å². The highest BCUT2D eigenvalue weighted by molar-refractivity contribution is 9.10. The van der Waals surface area contributed by atoms with Crippen LogP contribution in [-0.4, -0.2) is 17.1 Å². The maximum absolute atomic E-state index is 11.4. The fraction of sp³-hybridized carbons (Fsp3) is 0.667. The molecule has 0 aromatic carbocycles. The van der Waals surface area contributed by atoms with Gasteiger partial charge in [-0.3, -0.25) is 4.79 Å². The normalized spacial score (nSPS) is 29.3. The van der Waals surface area contributed by atoms with Crippen LogP contribution in [0.1, 0.15) is 38.5 Å². The lowest BCUT2D eigenvalue weighted by Crippen LogP contribution is -2.50. The van der Waals surface area contributed by atoms with Crippen molar-refractivity contribution in [2.24, 2.45) is 17.3 Å². The van der Waals surface area contributed by atoms with Crippen LogP contribution in [0.4, 0.5) is 0 Å². The summed E-state index contributed by atoms with van der Waals surface area (Å²) in [6.07, 6.45) is 1.70. The van der Waals surface area contributed by atoms with Gasteiger partial charge in [0.1, 0.15) is 0 Å². The SMILES string of the molecule is CC1C(NCc2cc(Br)cs2)CCC(C(=O)O)C1(C)C. The zero-order chi connectivity index (χ0) is 14.9. The molecule has 112 valence electrons. The summed E-state index contributed by atoms with van der Waals surface area (Å²) in [6, 6.07) is 2.53. The molecule has 20 heavy (non-hydrogen) atoms. The molecule has 1 saturated carbocycles. The van der Waals surface area contributed by atoms with E-state index in [1.54, 1.807) is 11.3 Å². The van der Waals surface area contributed by atoms with Crippen LogP contribution in [0.5, 0.6) is 0 Å². The van der Waals surface area contributed by atoms with E-state index in [-0.39, 0.29) is 11.3 Å². The van der Waals surface area contributed by atoms with Gasteiger partial charge in [-0.05, 0) is 46.2 Å². The van der Waals surface area contributed by atoms with Gasteiger partial charge in [-0.2, -0.15) is 0 Å². The van der Waals surface area contributed by atoms with Crippen LogP contribution < -0.4 is 5.32 Å². The molecule has 0 aliphatic heterocycles. The number of carboxylic acid groups (broad SMARTS) is 1. The minimum absolute atomic E-state index is 0.169. The van der Waals surface area contributed by atoms with Crippen molar-refractivity contribution < 1.29 is 9.90 Å². The molecule has 1 aromatic heterocycles. The number of thiophene rings is 1. The van der Waals surface area contributed by atoms with Gasteiger partial charge in [0.2, 0.25) is 0 Å². The molecule has 1 aromatic rings. The predicted molar refractivity (Wildman–Crippen MR) is 86.0 cm³/mol. The lowest BCUT2D eigenvalue weighted by molar-refractivity contribution is -0.150. The van der Waals surface area contributed by atoms with Gasteiger partial charge in [-0.25, -0.2) is 0 Å². The maximum atomic E-state index is 11.4. The van der Waals surface area contributed by atoms with Crippen LogP contribution in [0, 0.1) is 17.3 Å². The minimum Gasteiger partial charge on any atom is -0.481 e. The molecule has 0 spiro atoms. The van der Waals surface area contributed by atoms with Gasteiger partial charge in [0.05, 0.1) is 5.92 Å². The molecule has 0 bridgehead atoms. The Balaban J connectivity index is 1.99. The van der Waals surface area contributed by atoms with E-state index in [2.05, 4.69) is 53.5 Å². The molecule has 2 N–H and O–H groups in total. The zero-order valence-electron chi connectivity index (χ0n) is 12.1. The Hall–Kier alpha value is -0.390. The van der Waals surface area contributed by atoms with Crippen molar-refractivity contribution in [3.8, 4) is 0 Å². The lowest BCUT2D eigenvalue weighted by atomic mass is 9.61. The molecule has 3 unspecified atom stereocenters. The molecule has 0 radical (unpaired) electrons. The van der Waals surface area contributed by atoms with Crippen LogP contribution in [0.15, 0.2) is 15.9 Å². The molecule has 0 amide bonds. The van der Waals surface area contributed by atoms with E-state index < -0.39 is 5.97 Å². The van der Waals surface area contributed by atoms with Gasteiger partial charge < -0.3 is 10.4 Å². The van der Waals surface area contributed by atoms with Crippen molar-refractivity contribution in [1.29, 1.82) is 0 Å². The molecule has 1 aliphatic rings. The number of rotatable bonds is 4. The number of aliphatic carboxylic acids is 1. The smallest absolute Gasteiger partial charge is 0.307 e. The van der Waals surface area contributed by atoms with Crippen molar-refractivity contribution in [3.63, 3.8) is 0 Å². The fourth-order valence-corrected chi connectivity index (χ4v) is 4.60. The van der Waals surface area contributed by atoms with Gasteiger partial charge in [0, 0.05) is 27.3 Å². The number of hydrogen-bond acceptors (Lipinski definition) is 3. The molecule has 0 saturated heterocycles. The summed E-state index contributed by atoms with van der Waals surface area (Å²) in [5.41, 5.74) is -0.169. The van der Waals surface area contributed by atoms with Gasteiger partial charge in [-0.15, -0.1) is 11.3 Å². The van der Waals surface area contributed by atoms with E-state index in [1.165, 1.54) is 4.88 Å². The van der Waals surface area contributed by atoms with Crippen molar-refractivity contribution >= 4 is 33.2 Å². The number of carboxylic acids is 1. The number of carbonyl (C=O) groups is 1. The lowest BCUT2D eigenvalue weighted by Gasteiger charge is -2.46. The highest BCUT2D eigenvalue weighted by atomic mass is 79.9. The molecule has 3 nitrogen and oxygen atoms in total. The summed E-state index contributed by atoms with van der Waals surface area (Å²) >= 11 is 5.21. The van der Waals surface area contributed by atoms with Crippen molar-refractivity contribution in [1.82, 2.24) is 5.32 Å². The fourth-order valence-electron chi connectivity index (χ4n) is 3.20. The van der Waals surface area contributed by atoms with Crippen molar-refractivity contribution in [2.75, 3.05) is 0 Å². The monoisotopic (exact) mass is 359 g/mol. The first-order valence-corrected chi connectivity index (χ1v) is 8.68. The number of nitrogens with one attached hydrogen (secondary N) is 1. The third-order valence-corrected chi connectivity index (χ3v) is 6.60. The Morgan fingerprint density at radius 2 is 2.25 bits per heavy atom. The summed E-state index contributed by atoms with van der Waals surface area (Å²) in [7, 11) is 0. The Morgan fingerprint density at radius 1 is 1.55 bits per heavy atom. The first kappa shape index (κ1) is 16.0. The maximum Gasteiger partial charge on any atom is 0.307 e. The Kier molecular flexibility index (Phi) is 4.92. The highest BCUT2D eigenvalue weighted by Gasteiger charge is 2.45. The number of hydrogen-bond donors (Lipinski definition) is 2. The standard InChI is InChI=1S/C15H22BrNO2S/c1-9-13(17-7-11-6-10(16)8-20-11)5-4-12(14(18)19)15(9,2)3/h6,8-9,12-13,17H,4-5,7H2,1-3H3,(H,18,19). The molecule has 2 rings (SSSR count). The largest absolute Gasteiger partial charge is 0.481 e. The van der Waals surface area contributed by atoms with E-state index in [0.717, 1.165) is 23.9 Å². The van der Waals surface area contributed by atoms with Gasteiger partial charge in [0.25, 0.3) is 0 Å². The van der Waals surface area contributed by atoms with Crippen LogP contribution in [0.2, 0.25) is 0 Å². The summed E-state index contributed by atoms with van der Waals surface area (Å²) < 4.78 is 1.13. The third kappa shape index (κ3) is 3.26. The molecular weight excluding hydrogens is 338 g/mol. The summed E-state index contributed by atoms with van der Waals surface area (Å²) in [4.78, 5) is 12.7. The average molecular weight is 360 g/mol. The molecule has 1 heterocycles. The second-order valence-corrected chi connectivity index (χ2v) is 8.21. The van der Waals surface area contributed by atoms with Crippen LogP contribution in [0.25, 0.3) is 0 Å². The average Bonchev–Trinajstić information content (AvgIpc) is 2.76. The zero-order valence-corrected chi connectivity index (χ0v) is 14.6. The van der Waals surface area contributed by atoms with E-state index in [1.807, 2.05) is 0 Å². The highest BCUT2D eigenvalue weighted by Crippen LogP contribution is 2.45. The van der Waals surface area contributed by atoms with Gasteiger partial charge in [0.15, 0.2) is 0 Å². The summed E-state index contributed by atoms with van der Waals surface area (Å²) in [6.45, 7) is 7.22. The first-order valence-electron chi connectivity index (χ1n) is 7.01. The summed E-state index contributed by atoms with van der Waals surface area (Å²) in [5.74, 6) is -0.533. The van der Waals surface area contributed by atoms with Crippen molar-refractivity contribution in [3.05, 3.63) is 20.8 Å². The minimum atomic E-state index is -0.650. The van der Waals surface area contributed by atoms with E-state index >= 15 is 0 Å². The van der Waals surface area contributed by atoms with Gasteiger partial charge in [-0.1, -0.05) is 20.8 Å². The molecule has 5 heteroatoms. The molecular formula is C15H22BrNO2S. The Bertz CT molecular complexity index is 486. The van der Waals surface area contributed by atoms with Crippen LogP contribution >= 0.6 is 27.3 Å². The number of halogens is 1. The quantitative estimate of drug-likeness (QED) is 0.849. The topological polar surface area (TPSA) is 49.3 Å². The Labute approximate surface area is 132 Å². The van der Waals surface area contributed by atoms with Crippen molar-refractivity contribution in [2.45, 2.75) is 46.2 Å². The first-order chi connectivity index (χ1) is 9.32. The molecule has 3 atom stereocenters. The second-order valence-electron chi connectivity index (χ2n) is 6.30. The molecule has 1 fully saturated rings. The van der Waals surface area contributed by atoms with E-state index in [0.29, 0.717) is 12.0 Å². The van der Waals surface area contributed by atoms with Crippen LogP contribution in [-0.2, 0) is 11.3 Å². The molecule has 1 aliphatic carbocycles. The van der Waals surface area contributed by atoms with E-state index in [4.69, 9.17) is 0 Å². The predicted octanol–water partition coefficient (Wildman–Crippen LogP) is 4.13. The summed E-state index contributed by atoms with van der Waals surface area (Å²) in [5, 5.41) is 15.1. The Morgan fingerprint density at radius 3 is 2.80 bits per heavy atom. The van der Waals surface area contributed by atoms with E-state index in [9.17, 15) is 9.90 Å².